The van der Waals surface area contributed by atoms with Crippen molar-refractivity contribution in [2.24, 2.45) is 0 Å². The first kappa shape index (κ1) is 15.2. The zero-order chi connectivity index (χ0) is 13.5. The van der Waals surface area contributed by atoms with Gasteiger partial charge in [0, 0.05) is 16.7 Å². The number of hydrogen-bond acceptors (Lipinski definition) is 3. The molecule has 1 aromatic carbocycles. The maximum absolute atomic E-state index is 12.0. The summed E-state index contributed by atoms with van der Waals surface area (Å²) in [4.78, 5) is 12.1. The van der Waals surface area contributed by atoms with Crippen molar-refractivity contribution < 1.29 is 9.00 Å². The third-order valence-corrected chi connectivity index (χ3v) is 4.61. The van der Waals surface area contributed by atoms with Gasteiger partial charge >= 0.3 is 0 Å². The molecule has 0 aliphatic carbocycles. The molecule has 0 bridgehead atoms. The van der Waals surface area contributed by atoms with Crippen molar-refractivity contribution in [1.82, 2.24) is 5.32 Å². The molecule has 0 saturated carbocycles. The number of nitrogens with two attached hydrogens (primary N) is 1. The van der Waals surface area contributed by atoms with E-state index in [9.17, 15) is 9.00 Å². The van der Waals surface area contributed by atoms with Crippen molar-refractivity contribution >= 4 is 38.3 Å². The molecule has 100 valence electrons. The maximum Gasteiger partial charge on any atom is 0.233 e. The normalized spacial score (nSPS) is 12.1. The van der Waals surface area contributed by atoms with Gasteiger partial charge in [0.2, 0.25) is 5.91 Å². The van der Waals surface area contributed by atoms with Gasteiger partial charge in [-0.1, -0.05) is 13.3 Å². The summed E-state index contributed by atoms with van der Waals surface area (Å²) in [6.45, 7) is 2.69. The van der Waals surface area contributed by atoms with Gasteiger partial charge in [0.1, 0.15) is 5.75 Å². The molecule has 0 saturated heterocycles. The zero-order valence-electron chi connectivity index (χ0n) is 10.2. The number of halogens is 1. The third-order valence-electron chi connectivity index (χ3n) is 2.32. The maximum atomic E-state index is 12.0. The first-order valence-corrected chi connectivity index (χ1v) is 7.86. The van der Waals surface area contributed by atoms with Gasteiger partial charge in [-0.05, 0) is 40.5 Å². The van der Waals surface area contributed by atoms with E-state index < -0.39 is 10.8 Å². The number of rotatable bonds is 6. The highest BCUT2D eigenvalue weighted by atomic mass is 79.9. The SMILES string of the molecule is CCCCNC(=O)CS(=O)c1ccc(N)cc1Br. The number of nitrogens with one attached hydrogen (secondary N) is 1. The number of unbranched alkanes of at least 4 members (excludes halogenated alkanes) is 1. The summed E-state index contributed by atoms with van der Waals surface area (Å²) in [6, 6.07) is 5.03. The zero-order valence-corrected chi connectivity index (χ0v) is 12.6. The Morgan fingerprint density at radius 1 is 1.50 bits per heavy atom. The molecular weight excluding hydrogens is 316 g/mol. The minimum absolute atomic E-state index is 0.0216. The Labute approximate surface area is 118 Å². The van der Waals surface area contributed by atoms with Crippen molar-refractivity contribution in [3.05, 3.63) is 22.7 Å². The molecule has 1 rings (SSSR count). The van der Waals surface area contributed by atoms with E-state index >= 15 is 0 Å². The fourth-order valence-electron chi connectivity index (χ4n) is 1.35. The fourth-order valence-corrected chi connectivity index (χ4v) is 3.28. The predicted octanol–water partition coefficient (Wildman–Crippen LogP) is 2.06. The number of anilines is 1. The van der Waals surface area contributed by atoms with Gasteiger partial charge in [-0.2, -0.15) is 0 Å². The van der Waals surface area contributed by atoms with Crippen LogP contribution in [0.25, 0.3) is 0 Å². The molecule has 0 radical (unpaired) electrons. The molecule has 1 atom stereocenters. The second kappa shape index (κ2) is 7.53. The van der Waals surface area contributed by atoms with Crippen LogP contribution in [0.5, 0.6) is 0 Å². The van der Waals surface area contributed by atoms with Crippen molar-refractivity contribution in [3.8, 4) is 0 Å². The summed E-state index contributed by atoms with van der Waals surface area (Å²) in [5.74, 6) is -0.211. The average Bonchev–Trinajstić information content (AvgIpc) is 2.28. The molecular formula is C12H17BrN2O2S. The van der Waals surface area contributed by atoms with Gasteiger partial charge in [-0.3, -0.25) is 9.00 Å². The standard InChI is InChI=1S/C12H17BrN2O2S/c1-2-3-6-15-12(16)8-18(17)11-5-4-9(14)7-10(11)13/h4-5,7H,2-3,6,8,14H2,1H3,(H,15,16). The summed E-state index contributed by atoms with van der Waals surface area (Å²) >= 11 is 3.30. The lowest BCUT2D eigenvalue weighted by Gasteiger charge is -2.06. The van der Waals surface area contributed by atoms with Crippen molar-refractivity contribution in [2.45, 2.75) is 24.7 Å². The molecule has 0 spiro atoms. The monoisotopic (exact) mass is 332 g/mol. The van der Waals surface area contributed by atoms with E-state index in [1.807, 2.05) is 0 Å². The van der Waals surface area contributed by atoms with Crippen LogP contribution in [0.2, 0.25) is 0 Å². The van der Waals surface area contributed by atoms with Crippen molar-refractivity contribution in [3.63, 3.8) is 0 Å². The second-order valence-corrected chi connectivity index (χ2v) is 6.16. The number of benzene rings is 1. The van der Waals surface area contributed by atoms with Gasteiger partial charge < -0.3 is 11.1 Å². The van der Waals surface area contributed by atoms with E-state index in [1.165, 1.54) is 0 Å². The number of carbonyl (C=O) groups is 1. The smallest absolute Gasteiger partial charge is 0.233 e. The highest BCUT2D eigenvalue weighted by Gasteiger charge is 2.12. The Kier molecular flexibility index (Phi) is 6.35. The number of nitrogen functional groups attached to an aromatic ring is 1. The average molecular weight is 333 g/mol. The second-order valence-electron chi connectivity index (χ2n) is 3.88. The summed E-state index contributed by atoms with van der Waals surface area (Å²) < 4.78 is 12.7. The van der Waals surface area contributed by atoms with Crippen LogP contribution >= 0.6 is 15.9 Å². The van der Waals surface area contributed by atoms with E-state index in [2.05, 4.69) is 28.2 Å². The summed E-state index contributed by atoms with van der Waals surface area (Å²) in [5, 5.41) is 2.74. The molecule has 1 amide bonds. The van der Waals surface area contributed by atoms with Crippen LogP contribution in [0.15, 0.2) is 27.6 Å². The summed E-state index contributed by atoms with van der Waals surface area (Å²) in [6.07, 6.45) is 1.96. The Morgan fingerprint density at radius 3 is 2.83 bits per heavy atom. The van der Waals surface area contributed by atoms with Crippen LogP contribution in [-0.4, -0.2) is 22.4 Å². The highest BCUT2D eigenvalue weighted by Crippen LogP contribution is 2.23. The Bertz CT molecular complexity index is 452. The Balaban J connectivity index is 2.57. The van der Waals surface area contributed by atoms with E-state index in [0.29, 0.717) is 21.6 Å². The van der Waals surface area contributed by atoms with Crippen LogP contribution in [-0.2, 0) is 15.6 Å². The number of hydrogen-bond donors (Lipinski definition) is 2. The lowest BCUT2D eigenvalue weighted by atomic mass is 10.3. The van der Waals surface area contributed by atoms with Gasteiger partial charge in [0.15, 0.2) is 0 Å². The molecule has 4 nitrogen and oxygen atoms in total. The van der Waals surface area contributed by atoms with Gasteiger partial charge in [-0.25, -0.2) is 0 Å². The topological polar surface area (TPSA) is 72.2 Å². The highest BCUT2D eigenvalue weighted by molar-refractivity contribution is 9.10. The molecule has 6 heteroatoms. The van der Waals surface area contributed by atoms with Crippen LogP contribution in [0.4, 0.5) is 5.69 Å². The van der Waals surface area contributed by atoms with Gasteiger partial charge in [0.25, 0.3) is 0 Å². The van der Waals surface area contributed by atoms with Crippen molar-refractivity contribution in [1.29, 1.82) is 0 Å². The first-order chi connectivity index (χ1) is 8.54. The molecule has 0 aromatic heterocycles. The fraction of sp³-hybridized carbons (Fsp3) is 0.417. The predicted molar refractivity (Wildman–Crippen MR) is 77.7 cm³/mol. The van der Waals surface area contributed by atoms with E-state index in [1.54, 1.807) is 18.2 Å². The lowest BCUT2D eigenvalue weighted by Crippen LogP contribution is -2.29. The Morgan fingerprint density at radius 2 is 2.22 bits per heavy atom. The molecule has 3 N–H and O–H groups in total. The van der Waals surface area contributed by atoms with Gasteiger partial charge in [0.05, 0.1) is 15.7 Å². The molecule has 1 aromatic rings. The van der Waals surface area contributed by atoms with Crippen LogP contribution in [0, 0.1) is 0 Å². The van der Waals surface area contributed by atoms with E-state index in [4.69, 9.17) is 5.73 Å². The van der Waals surface area contributed by atoms with Gasteiger partial charge in [-0.15, -0.1) is 0 Å². The quantitative estimate of drug-likeness (QED) is 0.618. The minimum atomic E-state index is -1.35. The van der Waals surface area contributed by atoms with E-state index in [0.717, 1.165) is 12.8 Å². The minimum Gasteiger partial charge on any atom is -0.399 e. The number of amides is 1. The largest absolute Gasteiger partial charge is 0.399 e. The molecule has 0 aliphatic heterocycles. The first-order valence-electron chi connectivity index (χ1n) is 5.74. The Hall–Kier alpha value is -0.880. The molecule has 0 fully saturated rings. The molecule has 0 aliphatic rings. The molecule has 0 heterocycles. The number of carbonyl (C=O) groups excluding carboxylic acids is 1. The molecule has 1 unspecified atom stereocenters. The third kappa shape index (κ3) is 4.78. The van der Waals surface area contributed by atoms with Crippen LogP contribution < -0.4 is 11.1 Å². The van der Waals surface area contributed by atoms with Crippen LogP contribution in [0.1, 0.15) is 19.8 Å². The van der Waals surface area contributed by atoms with Crippen molar-refractivity contribution in [2.75, 3.05) is 18.0 Å². The molecule has 18 heavy (non-hydrogen) atoms. The van der Waals surface area contributed by atoms with Crippen LogP contribution in [0.3, 0.4) is 0 Å². The lowest BCUT2D eigenvalue weighted by molar-refractivity contribution is -0.118. The summed E-state index contributed by atoms with van der Waals surface area (Å²) in [5.41, 5.74) is 6.19. The summed E-state index contributed by atoms with van der Waals surface area (Å²) in [7, 11) is -1.35. The van der Waals surface area contributed by atoms with E-state index in [-0.39, 0.29) is 11.7 Å².